The van der Waals surface area contributed by atoms with E-state index in [1.54, 1.807) is 33.3 Å². The summed E-state index contributed by atoms with van der Waals surface area (Å²) in [5.41, 5.74) is -1.24. The number of amides is 4. The molecule has 0 radical (unpaired) electrons. The summed E-state index contributed by atoms with van der Waals surface area (Å²) < 4.78 is 13.0. The van der Waals surface area contributed by atoms with Crippen LogP contribution in [0.2, 0.25) is 0 Å². The Morgan fingerprint density at radius 2 is 1.62 bits per heavy atom. The Morgan fingerprint density at radius 1 is 0.958 bits per heavy atom. The third kappa shape index (κ3) is 10.8. The van der Waals surface area contributed by atoms with Gasteiger partial charge in [-0.15, -0.1) is 0 Å². The summed E-state index contributed by atoms with van der Waals surface area (Å²) in [4.78, 5) is 59.9. The van der Waals surface area contributed by atoms with Crippen LogP contribution in [0.3, 0.4) is 0 Å². The highest BCUT2D eigenvalue weighted by Crippen LogP contribution is 2.35. The fourth-order valence-electron chi connectivity index (χ4n) is 6.21. The van der Waals surface area contributed by atoms with Crippen molar-refractivity contribution >= 4 is 29.6 Å². The lowest BCUT2D eigenvalue weighted by molar-refractivity contribution is -0.138. The van der Waals surface area contributed by atoms with Crippen molar-refractivity contribution in [3.05, 3.63) is 48.4 Å². The summed E-state index contributed by atoms with van der Waals surface area (Å²) >= 11 is 0. The first-order valence-electron chi connectivity index (χ1n) is 17.3. The van der Waals surface area contributed by atoms with Crippen LogP contribution in [0.4, 0.5) is 10.6 Å². The molecule has 48 heavy (non-hydrogen) atoms. The van der Waals surface area contributed by atoms with Gasteiger partial charge in [0.05, 0.1) is 19.5 Å². The van der Waals surface area contributed by atoms with E-state index in [2.05, 4.69) is 27.9 Å². The maximum absolute atomic E-state index is 13.9. The second-order valence-electron chi connectivity index (χ2n) is 14.8. The normalized spacial score (nSPS) is 17.7. The molecule has 0 bridgehead atoms. The molecular formula is C36H54N6O6. The van der Waals surface area contributed by atoms with Crippen molar-refractivity contribution in [3.8, 4) is 0 Å². The largest absolute Gasteiger partial charge is 0.444 e. The summed E-state index contributed by atoms with van der Waals surface area (Å²) in [5, 5.41) is 8.13. The number of imidazole rings is 1. The monoisotopic (exact) mass is 666 g/mol. The van der Waals surface area contributed by atoms with Crippen LogP contribution in [-0.2, 0) is 30.5 Å². The molecule has 2 aromatic rings. The van der Waals surface area contributed by atoms with Gasteiger partial charge in [-0.2, -0.15) is 0 Å². The van der Waals surface area contributed by atoms with Crippen LogP contribution in [-0.4, -0.2) is 75.1 Å². The Kier molecular flexibility index (Phi) is 12.6. The molecule has 3 N–H and O–H groups in total. The number of carbonyl (C=O) groups excluding carboxylic acids is 4. The van der Waals surface area contributed by atoms with Gasteiger partial charge in [-0.05, 0) is 77.7 Å². The van der Waals surface area contributed by atoms with Gasteiger partial charge >= 0.3 is 6.09 Å². The van der Waals surface area contributed by atoms with Crippen molar-refractivity contribution in [1.82, 2.24) is 25.1 Å². The molecule has 1 aromatic heterocycles. The highest BCUT2D eigenvalue weighted by atomic mass is 16.6. The first-order valence-corrected chi connectivity index (χ1v) is 17.3. The lowest BCUT2D eigenvalue weighted by atomic mass is 9.83. The SMILES string of the molecule is CC1CCN(C(=O)C(C2CCCCC2)n2cnc(NC(=O)C(COCc3ccccc3)NC(=O)C(C)(C)NC(=O)OC(C)(C)C)c2)CC1. The minimum atomic E-state index is -1.40. The lowest BCUT2D eigenvalue weighted by Gasteiger charge is -2.37. The molecule has 2 unspecified atom stereocenters. The Balaban J connectivity index is 1.48. The fraction of sp³-hybridized carbons (Fsp3) is 0.639. The number of hydrogen-bond donors (Lipinski definition) is 3. The minimum Gasteiger partial charge on any atom is -0.444 e. The number of nitrogens with zero attached hydrogens (tertiary/aromatic N) is 3. The third-order valence-electron chi connectivity index (χ3n) is 9.02. The van der Waals surface area contributed by atoms with Crippen LogP contribution < -0.4 is 16.0 Å². The number of ether oxygens (including phenoxy) is 2. The van der Waals surface area contributed by atoms with E-state index < -0.39 is 35.1 Å². The number of nitrogens with one attached hydrogen (secondary N) is 3. The molecule has 12 nitrogen and oxygen atoms in total. The van der Waals surface area contributed by atoms with Gasteiger partial charge in [0.25, 0.3) is 5.91 Å². The van der Waals surface area contributed by atoms with Crippen molar-refractivity contribution in [2.45, 2.75) is 116 Å². The number of aromatic nitrogens is 2. The lowest BCUT2D eigenvalue weighted by Crippen LogP contribution is -2.59. The van der Waals surface area contributed by atoms with Gasteiger partial charge in [0.2, 0.25) is 11.8 Å². The van der Waals surface area contributed by atoms with E-state index in [-0.39, 0.29) is 36.9 Å². The van der Waals surface area contributed by atoms with Gasteiger partial charge in [0.1, 0.15) is 23.2 Å². The van der Waals surface area contributed by atoms with Crippen molar-refractivity contribution in [2.75, 3.05) is 25.0 Å². The molecule has 1 aromatic carbocycles. The molecule has 2 heterocycles. The molecule has 12 heteroatoms. The fourth-order valence-corrected chi connectivity index (χ4v) is 6.21. The van der Waals surface area contributed by atoms with Gasteiger partial charge in [0.15, 0.2) is 5.82 Å². The first kappa shape index (κ1) is 36.9. The van der Waals surface area contributed by atoms with Crippen molar-refractivity contribution in [2.24, 2.45) is 11.8 Å². The quantitative estimate of drug-likeness (QED) is 0.282. The molecule has 1 saturated heterocycles. The van der Waals surface area contributed by atoms with E-state index in [4.69, 9.17) is 9.47 Å². The zero-order chi connectivity index (χ0) is 34.9. The van der Waals surface area contributed by atoms with Gasteiger partial charge in [0, 0.05) is 19.3 Å². The van der Waals surface area contributed by atoms with Gasteiger partial charge < -0.3 is 34.9 Å². The molecule has 1 saturated carbocycles. The van der Waals surface area contributed by atoms with Crippen molar-refractivity contribution in [1.29, 1.82) is 0 Å². The Hall–Kier alpha value is -3.93. The maximum atomic E-state index is 13.9. The van der Waals surface area contributed by atoms with Crippen LogP contribution >= 0.6 is 0 Å². The average molecular weight is 667 g/mol. The zero-order valence-corrected chi connectivity index (χ0v) is 29.4. The van der Waals surface area contributed by atoms with E-state index in [0.717, 1.165) is 57.2 Å². The van der Waals surface area contributed by atoms with Crippen LogP contribution in [0.5, 0.6) is 0 Å². The average Bonchev–Trinajstić information content (AvgIpc) is 3.48. The van der Waals surface area contributed by atoms with E-state index in [1.807, 2.05) is 39.8 Å². The minimum absolute atomic E-state index is 0.114. The van der Waals surface area contributed by atoms with E-state index >= 15 is 0 Å². The van der Waals surface area contributed by atoms with Crippen LogP contribution in [0.25, 0.3) is 0 Å². The molecule has 4 rings (SSSR count). The van der Waals surface area contributed by atoms with Gasteiger partial charge in [-0.25, -0.2) is 9.78 Å². The molecule has 2 atom stereocenters. The Morgan fingerprint density at radius 3 is 2.27 bits per heavy atom. The van der Waals surface area contributed by atoms with E-state index in [9.17, 15) is 19.2 Å². The number of carbonyl (C=O) groups is 4. The third-order valence-corrected chi connectivity index (χ3v) is 9.02. The highest BCUT2D eigenvalue weighted by molar-refractivity contribution is 5.98. The molecule has 264 valence electrons. The molecule has 1 aliphatic carbocycles. The number of likely N-dealkylation sites (tertiary alicyclic amines) is 1. The Labute approximate surface area is 284 Å². The standard InChI is InChI=1S/C36H54N6O6/c1-25-17-19-41(20-18-25)32(44)30(27-15-11-8-12-16-27)42-21-29(37-24-42)39-31(43)28(23-47-22-26-13-9-7-10-14-26)38-33(45)36(5,6)40-34(46)48-35(2,3)4/h7,9-10,13-14,21,24-25,27-28,30H,8,11-12,15-20,22-23H2,1-6H3,(H,38,45)(H,39,43)(H,40,46). The highest BCUT2D eigenvalue weighted by Gasteiger charge is 2.37. The van der Waals surface area contributed by atoms with Crippen LogP contribution in [0.1, 0.15) is 98.1 Å². The predicted molar refractivity (Wildman–Crippen MR) is 183 cm³/mol. The summed E-state index contributed by atoms with van der Waals surface area (Å²) in [5.74, 6) is 0.0570. The summed E-state index contributed by atoms with van der Waals surface area (Å²) in [6, 6.07) is 7.99. The molecule has 2 fully saturated rings. The number of hydrogen-bond acceptors (Lipinski definition) is 7. The number of benzene rings is 1. The molecule has 4 amide bonds. The second-order valence-corrected chi connectivity index (χ2v) is 14.8. The first-order chi connectivity index (χ1) is 22.7. The maximum Gasteiger partial charge on any atom is 0.408 e. The van der Waals surface area contributed by atoms with Gasteiger partial charge in [-0.3, -0.25) is 14.4 Å². The van der Waals surface area contributed by atoms with E-state index in [0.29, 0.717) is 5.92 Å². The number of piperidine rings is 1. The van der Waals surface area contributed by atoms with Gasteiger partial charge in [-0.1, -0.05) is 56.5 Å². The van der Waals surface area contributed by atoms with Crippen LogP contribution in [0.15, 0.2) is 42.9 Å². The second kappa shape index (κ2) is 16.5. The summed E-state index contributed by atoms with van der Waals surface area (Å²) in [7, 11) is 0. The summed E-state index contributed by atoms with van der Waals surface area (Å²) in [6.07, 6.45) is 9.87. The van der Waals surface area contributed by atoms with Crippen molar-refractivity contribution < 1.29 is 28.7 Å². The Bertz CT molecular complexity index is 1370. The number of alkyl carbamates (subject to hydrolysis) is 1. The molecule has 1 aliphatic heterocycles. The predicted octanol–water partition coefficient (Wildman–Crippen LogP) is 5.21. The molecule has 2 aliphatic rings. The molecular weight excluding hydrogens is 612 g/mol. The molecule has 0 spiro atoms. The topological polar surface area (TPSA) is 144 Å². The number of rotatable bonds is 12. The number of anilines is 1. The zero-order valence-electron chi connectivity index (χ0n) is 29.4. The van der Waals surface area contributed by atoms with Crippen molar-refractivity contribution in [3.63, 3.8) is 0 Å². The van der Waals surface area contributed by atoms with Crippen LogP contribution in [0, 0.1) is 11.8 Å². The summed E-state index contributed by atoms with van der Waals surface area (Å²) in [6.45, 7) is 12.1. The smallest absolute Gasteiger partial charge is 0.408 e. The van der Waals surface area contributed by atoms with E-state index in [1.165, 1.54) is 20.3 Å².